The molecule has 0 saturated carbocycles. The van der Waals surface area contributed by atoms with Gasteiger partial charge in [0, 0.05) is 11.9 Å². The van der Waals surface area contributed by atoms with Gasteiger partial charge in [-0.05, 0) is 24.6 Å². The maximum atomic E-state index is 11.8. The van der Waals surface area contributed by atoms with Crippen LogP contribution in [-0.4, -0.2) is 40.6 Å². The lowest BCUT2D eigenvalue weighted by Crippen LogP contribution is -2.31. The number of sulfone groups is 1. The predicted molar refractivity (Wildman–Crippen MR) is 78.5 cm³/mol. The van der Waals surface area contributed by atoms with Gasteiger partial charge in [-0.15, -0.1) is 0 Å². The van der Waals surface area contributed by atoms with Crippen molar-refractivity contribution in [3.8, 4) is 0 Å². The number of aromatic nitrogens is 3. The van der Waals surface area contributed by atoms with Crippen molar-refractivity contribution in [2.75, 3.05) is 11.6 Å². The van der Waals surface area contributed by atoms with E-state index in [4.69, 9.17) is 0 Å². The number of hydrogen-bond acceptors (Lipinski definition) is 5. The lowest BCUT2D eigenvalue weighted by molar-refractivity contribution is -0.115. The first kappa shape index (κ1) is 15.2. The molecule has 0 fully saturated rings. The highest BCUT2D eigenvalue weighted by Crippen LogP contribution is 2.12. The molecule has 21 heavy (non-hydrogen) atoms. The van der Waals surface area contributed by atoms with Gasteiger partial charge in [-0.2, -0.15) is 5.10 Å². The van der Waals surface area contributed by atoms with Crippen LogP contribution in [-0.2, 0) is 21.2 Å². The van der Waals surface area contributed by atoms with Gasteiger partial charge < -0.3 is 5.32 Å². The summed E-state index contributed by atoms with van der Waals surface area (Å²) in [6.45, 7) is 1.94. The normalized spacial score (nSPS) is 12.9. The highest BCUT2D eigenvalue weighted by molar-refractivity contribution is 7.92. The van der Waals surface area contributed by atoms with Crippen molar-refractivity contribution in [1.82, 2.24) is 14.8 Å². The third-order valence-electron chi connectivity index (χ3n) is 3.04. The first-order valence-electron chi connectivity index (χ1n) is 6.27. The molecule has 1 unspecified atom stereocenters. The van der Waals surface area contributed by atoms with Crippen LogP contribution in [0.2, 0.25) is 0 Å². The van der Waals surface area contributed by atoms with E-state index >= 15 is 0 Å². The summed E-state index contributed by atoms with van der Waals surface area (Å²) in [5.74, 6) is -0.540. The molecule has 7 nitrogen and oxygen atoms in total. The van der Waals surface area contributed by atoms with E-state index in [2.05, 4.69) is 15.4 Å². The molecule has 0 spiro atoms. The molecule has 0 aliphatic heterocycles. The van der Waals surface area contributed by atoms with Gasteiger partial charge in [0.15, 0.2) is 9.84 Å². The zero-order valence-corrected chi connectivity index (χ0v) is 12.5. The highest BCUT2D eigenvalue weighted by Gasteiger charge is 2.23. The molecule has 0 radical (unpaired) electrons. The fourth-order valence-electron chi connectivity index (χ4n) is 1.63. The minimum absolute atomic E-state index is 0.540. The molecule has 1 aromatic heterocycles. The van der Waals surface area contributed by atoms with Crippen LogP contribution < -0.4 is 5.32 Å². The summed E-state index contributed by atoms with van der Waals surface area (Å²) in [6, 6.07) is 7.11. The summed E-state index contributed by atoms with van der Waals surface area (Å²) in [6.07, 6.45) is 4.11. The van der Waals surface area contributed by atoms with Crippen LogP contribution in [0.5, 0.6) is 0 Å². The van der Waals surface area contributed by atoms with E-state index in [1.165, 1.54) is 13.3 Å². The standard InChI is InChI=1S/C13H16N4O3S/c1-10(21(2,19)20)13(18)16-12-5-3-11(4-6-12)7-17-9-14-8-15-17/h3-6,8-10H,7H2,1-2H3,(H,16,18). The lowest BCUT2D eigenvalue weighted by Gasteiger charge is -2.11. The Labute approximate surface area is 122 Å². The van der Waals surface area contributed by atoms with Crippen LogP contribution in [0.4, 0.5) is 5.69 Å². The number of hydrogen-bond donors (Lipinski definition) is 1. The van der Waals surface area contributed by atoms with E-state index in [0.717, 1.165) is 11.8 Å². The van der Waals surface area contributed by atoms with E-state index < -0.39 is 21.0 Å². The Hall–Kier alpha value is -2.22. The second kappa shape index (κ2) is 6.04. The van der Waals surface area contributed by atoms with Crippen molar-refractivity contribution < 1.29 is 13.2 Å². The monoisotopic (exact) mass is 308 g/mol. The number of rotatable bonds is 5. The van der Waals surface area contributed by atoms with Gasteiger partial charge >= 0.3 is 0 Å². The molecule has 8 heteroatoms. The van der Waals surface area contributed by atoms with Crippen molar-refractivity contribution in [3.05, 3.63) is 42.5 Å². The SMILES string of the molecule is CC(C(=O)Nc1ccc(Cn2cncn2)cc1)S(C)(=O)=O. The van der Waals surface area contributed by atoms with Crippen molar-refractivity contribution in [2.24, 2.45) is 0 Å². The molecule has 0 bridgehead atoms. The number of amides is 1. The van der Waals surface area contributed by atoms with E-state index in [1.807, 2.05) is 12.1 Å². The van der Waals surface area contributed by atoms with Gasteiger partial charge in [0.05, 0.1) is 6.54 Å². The molecule has 0 saturated heterocycles. The average Bonchev–Trinajstić information content (AvgIpc) is 2.92. The fraction of sp³-hybridized carbons (Fsp3) is 0.308. The third-order valence-corrected chi connectivity index (χ3v) is 4.54. The van der Waals surface area contributed by atoms with Gasteiger partial charge in [0.1, 0.15) is 17.9 Å². The van der Waals surface area contributed by atoms with Crippen molar-refractivity contribution in [2.45, 2.75) is 18.7 Å². The largest absolute Gasteiger partial charge is 0.325 e. The first-order chi connectivity index (χ1) is 9.86. The van der Waals surface area contributed by atoms with Crippen LogP contribution in [0.3, 0.4) is 0 Å². The van der Waals surface area contributed by atoms with Gasteiger partial charge in [0.2, 0.25) is 5.91 Å². The Bertz CT molecular complexity index is 708. The Morgan fingerprint density at radius 2 is 2.00 bits per heavy atom. The van der Waals surface area contributed by atoms with E-state index in [1.54, 1.807) is 23.1 Å². The van der Waals surface area contributed by atoms with Gasteiger partial charge in [-0.25, -0.2) is 18.1 Å². The summed E-state index contributed by atoms with van der Waals surface area (Å²) in [5.41, 5.74) is 1.55. The van der Waals surface area contributed by atoms with Gasteiger partial charge in [-0.3, -0.25) is 4.79 Å². The molecular weight excluding hydrogens is 292 g/mol. The first-order valence-corrected chi connectivity index (χ1v) is 8.23. The summed E-state index contributed by atoms with van der Waals surface area (Å²) >= 11 is 0. The quantitative estimate of drug-likeness (QED) is 0.877. The van der Waals surface area contributed by atoms with Crippen molar-refractivity contribution in [1.29, 1.82) is 0 Å². The third kappa shape index (κ3) is 4.12. The van der Waals surface area contributed by atoms with E-state index in [9.17, 15) is 13.2 Å². The Morgan fingerprint density at radius 3 is 2.52 bits per heavy atom. The number of carbonyl (C=O) groups is 1. The minimum atomic E-state index is -3.40. The maximum absolute atomic E-state index is 11.8. The van der Waals surface area contributed by atoms with E-state index in [-0.39, 0.29) is 0 Å². The zero-order valence-electron chi connectivity index (χ0n) is 11.7. The predicted octanol–water partition coefficient (Wildman–Crippen LogP) is 0.698. The van der Waals surface area contributed by atoms with Gasteiger partial charge in [-0.1, -0.05) is 12.1 Å². The Kier molecular flexibility index (Phi) is 4.37. The van der Waals surface area contributed by atoms with Crippen LogP contribution >= 0.6 is 0 Å². The summed E-state index contributed by atoms with van der Waals surface area (Å²) in [5, 5.41) is 5.51. The van der Waals surface area contributed by atoms with Crippen molar-refractivity contribution >= 4 is 21.4 Å². The summed E-state index contributed by atoms with van der Waals surface area (Å²) in [4.78, 5) is 15.6. The molecule has 2 rings (SSSR count). The molecule has 0 aliphatic rings. The Morgan fingerprint density at radius 1 is 1.33 bits per heavy atom. The Balaban J connectivity index is 2.01. The molecule has 1 amide bonds. The molecule has 1 aromatic carbocycles. The molecule has 1 N–H and O–H groups in total. The van der Waals surface area contributed by atoms with Crippen LogP contribution in [0.25, 0.3) is 0 Å². The molecular formula is C13H16N4O3S. The van der Waals surface area contributed by atoms with Crippen LogP contribution in [0.1, 0.15) is 12.5 Å². The maximum Gasteiger partial charge on any atom is 0.242 e. The van der Waals surface area contributed by atoms with Crippen LogP contribution in [0, 0.1) is 0 Å². The molecule has 1 heterocycles. The smallest absolute Gasteiger partial charge is 0.242 e. The topological polar surface area (TPSA) is 93.9 Å². The second-order valence-electron chi connectivity index (χ2n) is 4.75. The molecule has 0 aliphatic carbocycles. The number of nitrogens with one attached hydrogen (secondary N) is 1. The second-order valence-corrected chi connectivity index (χ2v) is 7.12. The molecule has 1 atom stereocenters. The van der Waals surface area contributed by atoms with Gasteiger partial charge in [0.25, 0.3) is 0 Å². The number of nitrogens with zero attached hydrogens (tertiary/aromatic N) is 3. The van der Waals surface area contributed by atoms with Crippen LogP contribution in [0.15, 0.2) is 36.9 Å². The average molecular weight is 308 g/mol. The van der Waals surface area contributed by atoms with E-state index in [0.29, 0.717) is 12.2 Å². The number of anilines is 1. The summed E-state index contributed by atoms with van der Waals surface area (Å²) < 4.78 is 24.3. The number of benzene rings is 1. The zero-order chi connectivity index (χ0) is 15.5. The molecule has 2 aromatic rings. The molecule has 112 valence electrons. The highest BCUT2D eigenvalue weighted by atomic mass is 32.2. The number of carbonyl (C=O) groups excluding carboxylic acids is 1. The summed E-state index contributed by atoms with van der Waals surface area (Å²) in [7, 11) is -3.40. The minimum Gasteiger partial charge on any atom is -0.325 e. The van der Waals surface area contributed by atoms with Crippen molar-refractivity contribution in [3.63, 3.8) is 0 Å². The lowest BCUT2D eigenvalue weighted by atomic mass is 10.2. The fourth-order valence-corrected chi connectivity index (χ4v) is 2.08.